The molecule has 1 heterocycles. The van der Waals surface area contributed by atoms with Gasteiger partial charge in [-0.05, 0) is 6.08 Å². The van der Waals surface area contributed by atoms with Gasteiger partial charge < -0.3 is 10.0 Å². The van der Waals surface area contributed by atoms with Gasteiger partial charge in [0.1, 0.15) is 0 Å². The van der Waals surface area contributed by atoms with Gasteiger partial charge in [-0.15, -0.1) is 0 Å². The van der Waals surface area contributed by atoms with Crippen LogP contribution in [-0.2, 0) is 0 Å². The Morgan fingerprint density at radius 2 is 1.91 bits per heavy atom. The van der Waals surface area contributed by atoms with Crippen LogP contribution in [0.2, 0.25) is 0 Å². The average molecular weight is 150 g/mol. The first kappa shape index (κ1) is 7.91. The van der Waals surface area contributed by atoms with Gasteiger partial charge in [-0.2, -0.15) is 0 Å². The SMILES string of the molecule is C=Cc1ncc(B(O)O)cn1. The first-order valence-electron chi connectivity index (χ1n) is 3.04. The number of aromatic nitrogens is 2. The fourth-order valence-corrected chi connectivity index (χ4v) is 0.587. The molecule has 0 saturated heterocycles. The summed E-state index contributed by atoms with van der Waals surface area (Å²) in [5.74, 6) is 0.467. The normalized spacial score (nSPS) is 9.27. The lowest BCUT2D eigenvalue weighted by Crippen LogP contribution is -2.30. The zero-order valence-corrected chi connectivity index (χ0v) is 5.81. The van der Waals surface area contributed by atoms with Gasteiger partial charge in [0.15, 0.2) is 5.82 Å². The minimum Gasteiger partial charge on any atom is -0.423 e. The molecule has 0 saturated carbocycles. The highest BCUT2D eigenvalue weighted by Crippen LogP contribution is 1.86. The Morgan fingerprint density at radius 1 is 1.36 bits per heavy atom. The van der Waals surface area contributed by atoms with Crippen molar-refractivity contribution >= 4 is 18.7 Å². The molecule has 0 aliphatic heterocycles. The number of nitrogens with zero attached hydrogens (tertiary/aromatic N) is 2. The van der Waals surface area contributed by atoms with Crippen LogP contribution >= 0.6 is 0 Å². The molecule has 0 aliphatic carbocycles. The van der Waals surface area contributed by atoms with Crippen LogP contribution in [0.4, 0.5) is 0 Å². The summed E-state index contributed by atoms with van der Waals surface area (Å²) in [5.41, 5.74) is 0.274. The Morgan fingerprint density at radius 3 is 2.27 bits per heavy atom. The zero-order valence-electron chi connectivity index (χ0n) is 5.81. The van der Waals surface area contributed by atoms with Crippen molar-refractivity contribution in [2.45, 2.75) is 0 Å². The van der Waals surface area contributed by atoms with Crippen LogP contribution in [0.25, 0.3) is 6.08 Å². The summed E-state index contributed by atoms with van der Waals surface area (Å²) in [6.45, 7) is 3.46. The lowest BCUT2D eigenvalue weighted by atomic mass is 9.83. The lowest BCUT2D eigenvalue weighted by molar-refractivity contribution is 0.425. The van der Waals surface area contributed by atoms with Crippen LogP contribution in [0.1, 0.15) is 5.82 Å². The molecule has 4 nitrogen and oxygen atoms in total. The number of rotatable bonds is 2. The maximum absolute atomic E-state index is 8.64. The fraction of sp³-hybridized carbons (Fsp3) is 0. The van der Waals surface area contributed by atoms with Crippen molar-refractivity contribution in [2.75, 3.05) is 0 Å². The third kappa shape index (κ3) is 1.86. The summed E-state index contributed by atoms with van der Waals surface area (Å²) in [6.07, 6.45) is 4.16. The van der Waals surface area contributed by atoms with E-state index in [4.69, 9.17) is 10.0 Å². The number of hydrogen-bond donors (Lipinski definition) is 2. The third-order valence-corrected chi connectivity index (χ3v) is 1.17. The minimum absolute atomic E-state index is 0.274. The molecular weight excluding hydrogens is 143 g/mol. The fourth-order valence-electron chi connectivity index (χ4n) is 0.587. The van der Waals surface area contributed by atoms with Gasteiger partial charge in [-0.25, -0.2) is 9.97 Å². The lowest BCUT2D eigenvalue weighted by Gasteiger charge is -1.96. The quantitative estimate of drug-likeness (QED) is 0.519. The summed E-state index contributed by atoms with van der Waals surface area (Å²) in [5, 5.41) is 17.3. The first-order valence-corrected chi connectivity index (χ1v) is 3.04. The van der Waals surface area contributed by atoms with Gasteiger partial charge in [-0.1, -0.05) is 6.58 Å². The van der Waals surface area contributed by atoms with E-state index in [1.807, 2.05) is 0 Å². The van der Waals surface area contributed by atoms with Crippen molar-refractivity contribution in [3.05, 3.63) is 24.8 Å². The molecule has 1 rings (SSSR count). The van der Waals surface area contributed by atoms with Crippen LogP contribution in [0.3, 0.4) is 0 Å². The van der Waals surface area contributed by atoms with Gasteiger partial charge in [-0.3, -0.25) is 0 Å². The van der Waals surface area contributed by atoms with E-state index in [0.29, 0.717) is 5.82 Å². The van der Waals surface area contributed by atoms with Gasteiger partial charge in [0, 0.05) is 17.9 Å². The van der Waals surface area contributed by atoms with Crippen LogP contribution < -0.4 is 5.46 Å². The van der Waals surface area contributed by atoms with E-state index in [2.05, 4.69) is 16.5 Å². The van der Waals surface area contributed by atoms with Crippen molar-refractivity contribution in [1.82, 2.24) is 9.97 Å². The van der Waals surface area contributed by atoms with Crippen molar-refractivity contribution in [3.63, 3.8) is 0 Å². The molecule has 0 atom stereocenters. The highest BCUT2D eigenvalue weighted by Gasteiger charge is 2.10. The molecule has 0 amide bonds. The second kappa shape index (κ2) is 3.27. The van der Waals surface area contributed by atoms with Gasteiger partial charge in [0.2, 0.25) is 0 Å². The molecule has 0 spiro atoms. The van der Waals surface area contributed by atoms with E-state index in [1.165, 1.54) is 18.5 Å². The summed E-state index contributed by atoms with van der Waals surface area (Å²) in [6, 6.07) is 0. The second-order valence-electron chi connectivity index (χ2n) is 1.95. The third-order valence-electron chi connectivity index (χ3n) is 1.17. The molecule has 0 aromatic carbocycles. The van der Waals surface area contributed by atoms with Crippen LogP contribution in [0.15, 0.2) is 19.0 Å². The van der Waals surface area contributed by atoms with Gasteiger partial charge >= 0.3 is 7.12 Å². The summed E-state index contributed by atoms with van der Waals surface area (Å²) >= 11 is 0. The van der Waals surface area contributed by atoms with E-state index < -0.39 is 7.12 Å². The van der Waals surface area contributed by atoms with E-state index in [9.17, 15) is 0 Å². The maximum Gasteiger partial charge on any atom is 0.491 e. The zero-order chi connectivity index (χ0) is 8.27. The van der Waals surface area contributed by atoms with E-state index in [-0.39, 0.29) is 5.46 Å². The molecule has 1 aromatic rings. The Balaban J connectivity index is 2.91. The minimum atomic E-state index is -1.51. The van der Waals surface area contributed by atoms with Crippen molar-refractivity contribution in [1.29, 1.82) is 0 Å². The van der Waals surface area contributed by atoms with Crippen molar-refractivity contribution in [3.8, 4) is 0 Å². The summed E-state index contributed by atoms with van der Waals surface area (Å²) < 4.78 is 0. The Bertz CT molecular complexity index is 247. The Hall–Kier alpha value is -1.20. The standard InChI is InChI=1S/C6H7BN2O2/c1-2-6-8-3-5(4-9-6)7(10)11/h2-4,10-11H,1H2. The molecule has 0 unspecified atom stereocenters. The largest absolute Gasteiger partial charge is 0.491 e. The Kier molecular flexibility index (Phi) is 2.35. The maximum atomic E-state index is 8.64. The molecule has 0 aliphatic rings. The average Bonchev–Trinajstić information content (AvgIpc) is 2.05. The number of hydrogen-bond acceptors (Lipinski definition) is 4. The predicted molar refractivity (Wildman–Crippen MR) is 41.9 cm³/mol. The van der Waals surface area contributed by atoms with Crippen LogP contribution in [0, 0.1) is 0 Å². The molecule has 0 fully saturated rings. The molecule has 11 heavy (non-hydrogen) atoms. The first-order chi connectivity index (χ1) is 5.24. The van der Waals surface area contributed by atoms with E-state index in [1.54, 1.807) is 0 Å². The Labute approximate surface area is 64.4 Å². The molecule has 2 N–H and O–H groups in total. The monoisotopic (exact) mass is 150 g/mol. The highest BCUT2D eigenvalue weighted by molar-refractivity contribution is 6.58. The van der Waals surface area contributed by atoms with E-state index in [0.717, 1.165) is 0 Å². The molecule has 1 aromatic heterocycles. The summed E-state index contributed by atoms with van der Waals surface area (Å²) in [4.78, 5) is 7.54. The smallest absolute Gasteiger partial charge is 0.423 e. The van der Waals surface area contributed by atoms with Crippen LogP contribution in [-0.4, -0.2) is 27.1 Å². The molecule has 0 bridgehead atoms. The summed E-state index contributed by atoms with van der Waals surface area (Å²) in [7, 11) is -1.51. The molecule has 0 radical (unpaired) electrons. The molecule has 56 valence electrons. The molecule has 5 heteroatoms. The van der Waals surface area contributed by atoms with E-state index >= 15 is 0 Å². The molecular formula is C6H7BN2O2. The predicted octanol–water partition coefficient (Wildman–Crippen LogP) is -1.20. The highest BCUT2D eigenvalue weighted by atomic mass is 16.4. The van der Waals surface area contributed by atoms with Gasteiger partial charge in [0.05, 0.1) is 0 Å². The second-order valence-corrected chi connectivity index (χ2v) is 1.95. The van der Waals surface area contributed by atoms with Gasteiger partial charge in [0.25, 0.3) is 0 Å². The van der Waals surface area contributed by atoms with Crippen LogP contribution in [0.5, 0.6) is 0 Å². The topological polar surface area (TPSA) is 66.2 Å². The van der Waals surface area contributed by atoms with Crippen molar-refractivity contribution in [2.24, 2.45) is 0 Å². The van der Waals surface area contributed by atoms with Crippen molar-refractivity contribution < 1.29 is 10.0 Å².